The second kappa shape index (κ2) is 3.03. The summed E-state index contributed by atoms with van der Waals surface area (Å²) in [5.41, 5.74) is 6.20. The molecule has 4 aliphatic rings. The van der Waals surface area contributed by atoms with E-state index >= 15 is 0 Å². The van der Waals surface area contributed by atoms with Crippen molar-refractivity contribution in [3.63, 3.8) is 0 Å². The third-order valence-electron chi connectivity index (χ3n) is 5.40. The Morgan fingerprint density at radius 1 is 1.31 bits per heavy atom. The molecule has 4 heteroatoms. The number of hydrogen-bond acceptors (Lipinski definition) is 3. The molecule has 0 radical (unpaired) electrons. The van der Waals surface area contributed by atoms with Crippen LogP contribution in [0.15, 0.2) is 0 Å². The maximum atomic E-state index is 6.15. The highest BCUT2D eigenvalue weighted by Gasteiger charge is 2.68. The molecule has 0 aromatic heterocycles. The molecule has 4 rings (SSSR count). The van der Waals surface area contributed by atoms with Gasteiger partial charge in [-0.15, -0.1) is 0 Å². The predicted molar refractivity (Wildman–Crippen MR) is 63.8 cm³/mol. The van der Waals surface area contributed by atoms with Crippen LogP contribution in [0.4, 0.5) is 0 Å². The molecule has 4 fully saturated rings. The van der Waals surface area contributed by atoms with E-state index in [-0.39, 0.29) is 24.8 Å². The fraction of sp³-hybridized carbons (Fsp3) is 1.00. The zero-order chi connectivity index (χ0) is 11.7. The Balaban J connectivity index is 1.87. The highest BCUT2D eigenvalue weighted by molar-refractivity contribution is 6.47. The average molecular weight is 223 g/mol. The summed E-state index contributed by atoms with van der Waals surface area (Å²) in [4.78, 5) is 0. The van der Waals surface area contributed by atoms with Crippen LogP contribution in [0, 0.1) is 17.3 Å². The first-order chi connectivity index (χ1) is 7.35. The van der Waals surface area contributed by atoms with E-state index in [0.29, 0.717) is 11.3 Å². The van der Waals surface area contributed by atoms with Crippen LogP contribution < -0.4 is 5.73 Å². The van der Waals surface area contributed by atoms with E-state index in [1.165, 1.54) is 6.42 Å². The van der Waals surface area contributed by atoms with Gasteiger partial charge in [0, 0.05) is 5.94 Å². The van der Waals surface area contributed by atoms with Crippen molar-refractivity contribution in [2.24, 2.45) is 23.0 Å². The minimum Gasteiger partial charge on any atom is -0.404 e. The third kappa shape index (κ3) is 1.16. The molecule has 1 heterocycles. The first-order valence-corrected chi connectivity index (χ1v) is 6.44. The fourth-order valence-electron chi connectivity index (χ4n) is 4.13. The molecule has 90 valence electrons. The topological polar surface area (TPSA) is 44.5 Å². The first kappa shape index (κ1) is 11.1. The van der Waals surface area contributed by atoms with Crippen molar-refractivity contribution in [2.45, 2.75) is 58.2 Å². The molecule has 1 aliphatic heterocycles. The summed E-state index contributed by atoms with van der Waals surface area (Å²) in [5.74, 6) is 1.40. The molecule has 2 bridgehead atoms. The molecule has 5 atom stereocenters. The minimum atomic E-state index is -0.204. The van der Waals surface area contributed by atoms with E-state index in [1.54, 1.807) is 0 Å². The van der Waals surface area contributed by atoms with E-state index in [1.807, 2.05) is 6.92 Å². The lowest BCUT2D eigenvalue weighted by Crippen LogP contribution is -2.65. The molecule has 0 aromatic carbocycles. The molecular formula is C12H22BNO2. The van der Waals surface area contributed by atoms with Crippen LogP contribution in [0.1, 0.15) is 40.5 Å². The Morgan fingerprint density at radius 2 is 2.00 bits per heavy atom. The van der Waals surface area contributed by atoms with Crippen molar-refractivity contribution in [3.05, 3.63) is 0 Å². The third-order valence-corrected chi connectivity index (χ3v) is 5.40. The Morgan fingerprint density at radius 3 is 2.56 bits per heavy atom. The van der Waals surface area contributed by atoms with Crippen LogP contribution in [-0.2, 0) is 9.31 Å². The van der Waals surface area contributed by atoms with Gasteiger partial charge in [-0.05, 0) is 37.0 Å². The number of rotatable bonds is 1. The summed E-state index contributed by atoms with van der Waals surface area (Å²) < 4.78 is 12.1. The van der Waals surface area contributed by atoms with Crippen molar-refractivity contribution in [3.8, 4) is 0 Å². The maximum absolute atomic E-state index is 6.15. The van der Waals surface area contributed by atoms with Gasteiger partial charge in [-0.3, -0.25) is 0 Å². The summed E-state index contributed by atoms with van der Waals surface area (Å²) >= 11 is 0. The van der Waals surface area contributed by atoms with Crippen molar-refractivity contribution in [1.82, 2.24) is 0 Å². The molecule has 3 nitrogen and oxygen atoms in total. The van der Waals surface area contributed by atoms with E-state index in [0.717, 1.165) is 12.3 Å². The van der Waals surface area contributed by atoms with Crippen LogP contribution in [0.5, 0.6) is 0 Å². The van der Waals surface area contributed by atoms with Gasteiger partial charge in [-0.25, -0.2) is 0 Å². The Labute approximate surface area is 98.2 Å². The van der Waals surface area contributed by atoms with Gasteiger partial charge in [-0.1, -0.05) is 20.8 Å². The summed E-state index contributed by atoms with van der Waals surface area (Å²) in [7, 11) is -0.204. The van der Waals surface area contributed by atoms with Gasteiger partial charge < -0.3 is 15.0 Å². The fourth-order valence-corrected chi connectivity index (χ4v) is 4.13. The molecule has 0 unspecified atom stereocenters. The van der Waals surface area contributed by atoms with Crippen molar-refractivity contribution in [1.29, 1.82) is 0 Å². The molecule has 0 aromatic rings. The summed E-state index contributed by atoms with van der Waals surface area (Å²) in [6, 6.07) is 0. The lowest BCUT2D eigenvalue weighted by molar-refractivity contribution is -0.199. The van der Waals surface area contributed by atoms with E-state index in [9.17, 15) is 0 Å². The van der Waals surface area contributed by atoms with Crippen LogP contribution in [0.3, 0.4) is 0 Å². The quantitative estimate of drug-likeness (QED) is 0.686. The highest BCUT2D eigenvalue weighted by atomic mass is 16.7. The van der Waals surface area contributed by atoms with E-state index < -0.39 is 0 Å². The molecule has 0 spiro atoms. The van der Waals surface area contributed by atoms with Gasteiger partial charge in [0.2, 0.25) is 0 Å². The van der Waals surface area contributed by atoms with E-state index in [4.69, 9.17) is 15.0 Å². The van der Waals surface area contributed by atoms with Crippen LogP contribution >= 0.6 is 0 Å². The molecule has 3 saturated carbocycles. The summed E-state index contributed by atoms with van der Waals surface area (Å²) in [5, 5.41) is 0. The number of hydrogen-bond donors (Lipinski definition) is 1. The highest BCUT2D eigenvalue weighted by Crippen LogP contribution is 2.65. The lowest BCUT2D eigenvalue weighted by atomic mass is 9.43. The molecule has 16 heavy (non-hydrogen) atoms. The second-order valence-electron chi connectivity index (χ2n) is 6.70. The standard InChI is InChI=1S/C12H22BNO2/c1-7(14)13-15-10-6-8-5-9(11(8,2)3)12(10,4)16-13/h7-10H,5-6,14H2,1-4H3/t7-,8+,9+,10-,12+/m1/s1. The van der Waals surface area contributed by atoms with Gasteiger partial charge in [0.15, 0.2) is 0 Å². The van der Waals surface area contributed by atoms with Crippen molar-refractivity contribution >= 4 is 7.12 Å². The van der Waals surface area contributed by atoms with E-state index in [2.05, 4.69) is 20.8 Å². The molecule has 2 N–H and O–H groups in total. The predicted octanol–water partition coefficient (Wildman–Crippen LogP) is 1.60. The van der Waals surface area contributed by atoms with Gasteiger partial charge >= 0.3 is 7.12 Å². The second-order valence-corrected chi connectivity index (χ2v) is 6.70. The Kier molecular flexibility index (Phi) is 2.10. The van der Waals surface area contributed by atoms with Gasteiger partial charge in [0.1, 0.15) is 0 Å². The van der Waals surface area contributed by atoms with Gasteiger partial charge in [-0.2, -0.15) is 0 Å². The van der Waals surface area contributed by atoms with Gasteiger partial charge in [0.25, 0.3) is 0 Å². The molecule has 3 aliphatic carbocycles. The number of nitrogens with two attached hydrogens (primary N) is 1. The zero-order valence-electron chi connectivity index (χ0n) is 10.7. The van der Waals surface area contributed by atoms with Crippen molar-refractivity contribution < 1.29 is 9.31 Å². The van der Waals surface area contributed by atoms with Crippen LogP contribution in [-0.4, -0.2) is 24.8 Å². The molecule has 0 amide bonds. The zero-order valence-corrected chi connectivity index (χ0v) is 10.7. The molecular weight excluding hydrogens is 201 g/mol. The largest absolute Gasteiger partial charge is 0.475 e. The first-order valence-electron chi connectivity index (χ1n) is 6.44. The Bertz CT molecular complexity index is 320. The summed E-state index contributed by atoms with van der Waals surface area (Å²) in [6.07, 6.45) is 2.71. The van der Waals surface area contributed by atoms with Crippen molar-refractivity contribution in [2.75, 3.05) is 0 Å². The average Bonchev–Trinajstić information content (AvgIpc) is 2.54. The lowest BCUT2D eigenvalue weighted by Gasteiger charge is -2.64. The van der Waals surface area contributed by atoms with Crippen LogP contribution in [0.2, 0.25) is 0 Å². The maximum Gasteiger partial charge on any atom is 0.475 e. The Hall–Kier alpha value is -0.0551. The molecule has 1 saturated heterocycles. The monoisotopic (exact) mass is 223 g/mol. The summed E-state index contributed by atoms with van der Waals surface area (Å²) in [6.45, 7) is 8.93. The normalized spacial score (nSPS) is 50.8. The van der Waals surface area contributed by atoms with Crippen LogP contribution in [0.25, 0.3) is 0 Å². The van der Waals surface area contributed by atoms with Gasteiger partial charge in [0.05, 0.1) is 11.7 Å². The SMILES string of the molecule is C[C@@H](N)B1O[C@@H]2C[C@@H]3C[C@@H](C3(C)C)[C@]2(C)O1. The smallest absolute Gasteiger partial charge is 0.404 e. The minimum absolute atomic E-state index is 0.0391.